The minimum absolute atomic E-state index is 0.0266. The Hall–Kier alpha value is -1.91. The number of halogens is 1. The number of nitrogens with zero attached hydrogens (tertiary/aromatic N) is 1. The SMILES string of the molecule is CCCCCNC(=O)CN(Cc1ccc(F)cc1)C(C)=O. The van der Waals surface area contributed by atoms with Gasteiger partial charge in [0.2, 0.25) is 11.8 Å². The molecule has 1 rings (SSSR count). The molecule has 1 aromatic rings. The third-order valence-corrected chi connectivity index (χ3v) is 3.17. The molecule has 1 N–H and O–H groups in total. The summed E-state index contributed by atoms with van der Waals surface area (Å²) in [6.07, 6.45) is 3.12. The van der Waals surface area contributed by atoms with Crippen LogP contribution in [0.5, 0.6) is 0 Å². The molecule has 0 aromatic heterocycles. The fourth-order valence-electron chi connectivity index (χ4n) is 1.92. The minimum atomic E-state index is -0.318. The van der Waals surface area contributed by atoms with Crippen molar-refractivity contribution < 1.29 is 14.0 Å². The standard InChI is InChI=1S/C16H23FN2O2/c1-3-4-5-10-18-16(21)12-19(13(2)20)11-14-6-8-15(17)9-7-14/h6-9H,3-5,10-12H2,1-2H3,(H,18,21). The van der Waals surface area contributed by atoms with E-state index in [1.165, 1.54) is 24.0 Å². The van der Waals surface area contributed by atoms with Crippen molar-refractivity contribution in [3.8, 4) is 0 Å². The van der Waals surface area contributed by atoms with E-state index in [0.29, 0.717) is 13.1 Å². The number of hydrogen-bond donors (Lipinski definition) is 1. The van der Waals surface area contributed by atoms with E-state index in [1.54, 1.807) is 12.1 Å². The lowest BCUT2D eigenvalue weighted by atomic mass is 10.2. The number of hydrogen-bond acceptors (Lipinski definition) is 2. The van der Waals surface area contributed by atoms with Crippen molar-refractivity contribution >= 4 is 11.8 Å². The number of amides is 2. The largest absolute Gasteiger partial charge is 0.355 e. The van der Waals surface area contributed by atoms with Crippen molar-refractivity contribution in [2.45, 2.75) is 39.7 Å². The van der Waals surface area contributed by atoms with Crippen LogP contribution in [0, 0.1) is 5.82 Å². The zero-order valence-electron chi connectivity index (χ0n) is 12.7. The third-order valence-electron chi connectivity index (χ3n) is 3.17. The van der Waals surface area contributed by atoms with E-state index in [1.807, 2.05) is 0 Å². The van der Waals surface area contributed by atoms with E-state index in [2.05, 4.69) is 12.2 Å². The first-order valence-electron chi connectivity index (χ1n) is 7.29. The molecule has 0 saturated heterocycles. The van der Waals surface area contributed by atoms with E-state index in [9.17, 15) is 14.0 Å². The molecule has 0 aliphatic carbocycles. The maximum Gasteiger partial charge on any atom is 0.239 e. The van der Waals surface area contributed by atoms with Crippen LogP contribution in [0.1, 0.15) is 38.7 Å². The lowest BCUT2D eigenvalue weighted by Crippen LogP contribution is -2.39. The normalized spacial score (nSPS) is 10.2. The Bertz CT molecular complexity index is 460. The van der Waals surface area contributed by atoms with E-state index < -0.39 is 0 Å². The number of carbonyl (C=O) groups excluding carboxylic acids is 2. The Morgan fingerprint density at radius 1 is 1.19 bits per heavy atom. The summed E-state index contributed by atoms with van der Waals surface area (Å²) in [6, 6.07) is 5.92. The molecule has 116 valence electrons. The monoisotopic (exact) mass is 294 g/mol. The van der Waals surface area contributed by atoms with Gasteiger partial charge in [0.05, 0.1) is 6.54 Å². The topological polar surface area (TPSA) is 49.4 Å². The van der Waals surface area contributed by atoms with Gasteiger partial charge in [0.15, 0.2) is 0 Å². The quantitative estimate of drug-likeness (QED) is 0.749. The van der Waals surface area contributed by atoms with Crippen LogP contribution in [-0.2, 0) is 16.1 Å². The second-order valence-electron chi connectivity index (χ2n) is 5.06. The van der Waals surface area contributed by atoms with Crippen molar-refractivity contribution in [1.82, 2.24) is 10.2 Å². The predicted octanol–water partition coefficient (Wildman–Crippen LogP) is 2.48. The lowest BCUT2D eigenvalue weighted by molar-refractivity contribution is -0.134. The summed E-state index contributed by atoms with van der Waals surface area (Å²) in [4.78, 5) is 24.8. The summed E-state index contributed by atoms with van der Waals surface area (Å²) < 4.78 is 12.9. The maximum absolute atomic E-state index is 12.9. The van der Waals surface area contributed by atoms with Crippen molar-refractivity contribution in [3.63, 3.8) is 0 Å². The zero-order chi connectivity index (χ0) is 15.7. The number of carbonyl (C=O) groups is 2. The smallest absolute Gasteiger partial charge is 0.239 e. The van der Waals surface area contributed by atoms with E-state index in [-0.39, 0.29) is 24.2 Å². The molecule has 1 aromatic carbocycles. The highest BCUT2D eigenvalue weighted by molar-refractivity contribution is 5.83. The molecule has 0 bridgehead atoms. The molecular formula is C16H23FN2O2. The number of benzene rings is 1. The van der Waals surface area contributed by atoms with Crippen molar-refractivity contribution in [2.75, 3.05) is 13.1 Å². The Morgan fingerprint density at radius 3 is 2.43 bits per heavy atom. The van der Waals surface area contributed by atoms with Gasteiger partial charge < -0.3 is 10.2 Å². The van der Waals surface area contributed by atoms with Crippen molar-refractivity contribution in [2.24, 2.45) is 0 Å². The van der Waals surface area contributed by atoms with Crippen LogP contribution >= 0.6 is 0 Å². The Labute approximate surface area is 125 Å². The third kappa shape index (κ3) is 6.88. The van der Waals surface area contributed by atoms with Crippen LogP contribution in [0.15, 0.2) is 24.3 Å². The first-order valence-corrected chi connectivity index (χ1v) is 7.29. The number of unbranched alkanes of at least 4 members (excludes halogenated alkanes) is 2. The molecule has 2 amide bonds. The van der Waals surface area contributed by atoms with Crippen LogP contribution in [0.2, 0.25) is 0 Å². The molecule has 0 unspecified atom stereocenters. The molecule has 0 saturated carbocycles. The average molecular weight is 294 g/mol. The molecule has 0 atom stereocenters. The van der Waals surface area contributed by atoms with Gasteiger partial charge in [-0.1, -0.05) is 31.9 Å². The summed E-state index contributed by atoms with van der Waals surface area (Å²) >= 11 is 0. The highest BCUT2D eigenvalue weighted by atomic mass is 19.1. The zero-order valence-corrected chi connectivity index (χ0v) is 12.7. The fraction of sp³-hybridized carbons (Fsp3) is 0.500. The van der Waals surface area contributed by atoms with Gasteiger partial charge in [0, 0.05) is 20.0 Å². The van der Waals surface area contributed by atoms with Gasteiger partial charge in [0.25, 0.3) is 0 Å². The van der Waals surface area contributed by atoms with Gasteiger partial charge >= 0.3 is 0 Å². The highest BCUT2D eigenvalue weighted by Crippen LogP contribution is 2.07. The molecule has 0 fully saturated rings. The highest BCUT2D eigenvalue weighted by Gasteiger charge is 2.13. The molecule has 0 aliphatic rings. The van der Waals surface area contributed by atoms with Gasteiger partial charge in [-0.15, -0.1) is 0 Å². The second-order valence-corrected chi connectivity index (χ2v) is 5.06. The fourth-order valence-corrected chi connectivity index (χ4v) is 1.92. The van der Waals surface area contributed by atoms with Crippen molar-refractivity contribution in [1.29, 1.82) is 0 Å². The van der Waals surface area contributed by atoms with E-state index >= 15 is 0 Å². The van der Waals surface area contributed by atoms with Crippen LogP contribution in [0.4, 0.5) is 4.39 Å². The molecule has 5 heteroatoms. The summed E-state index contributed by atoms with van der Waals surface area (Å²) in [6.45, 7) is 4.49. The first-order chi connectivity index (χ1) is 10.0. The minimum Gasteiger partial charge on any atom is -0.355 e. The first kappa shape index (κ1) is 17.1. The van der Waals surface area contributed by atoms with Crippen LogP contribution < -0.4 is 5.32 Å². The summed E-state index contributed by atoms with van der Waals surface area (Å²) in [5.41, 5.74) is 0.797. The molecular weight excluding hydrogens is 271 g/mol. The van der Waals surface area contributed by atoms with Crippen LogP contribution in [0.25, 0.3) is 0 Å². The van der Waals surface area contributed by atoms with E-state index in [4.69, 9.17) is 0 Å². The molecule has 0 spiro atoms. The van der Waals surface area contributed by atoms with Gasteiger partial charge in [0.1, 0.15) is 5.82 Å². The Balaban J connectivity index is 2.48. The average Bonchev–Trinajstić information content (AvgIpc) is 2.45. The lowest BCUT2D eigenvalue weighted by Gasteiger charge is -2.20. The maximum atomic E-state index is 12.9. The van der Waals surface area contributed by atoms with Crippen LogP contribution in [-0.4, -0.2) is 29.8 Å². The van der Waals surface area contributed by atoms with Gasteiger partial charge in [-0.05, 0) is 24.1 Å². The summed E-state index contributed by atoms with van der Waals surface area (Å²) in [5, 5.41) is 2.80. The molecule has 0 heterocycles. The van der Waals surface area contributed by atoms with Gasteiger partial charge in [-0.25, -0.2) is 4.39 Å². The Morgan fingerprint density at radius 2 is 1.86 bits per heavy atom. The van der Waals surface area contributed by atoms with Gasteiger partial charge in [-0.2, -0.15) is 0 Å². The number of rotatable bonds is 8. The second kappa shape index (κ2) is 9.10. The number of nitrogens with one attached hydrogen (secondary N) is 1. The predicted molar refractivity (Wildman–Crippen MR) is 80.0 cm³/mol. The summed E-state index contributed by atoms with van der Waals surface area (Å²) in [7, 11) is 0. The molecule has 4 nitrogen and oxygen atoms in total. The van der Waals surface area contributed by atoms with Crippen molar-refractivity contribution in [3.05, 3.63) is 35.6 Å². The molecule has 0 radical (unpaired) electrons. The Kier molecular flexibility index (Phi) is 7.43. The van der Waals surface area contributed by atoms with E-state index in [0.717, 1.165) is 24.8 Å². The summed E-state index contributed by atoms with van der Waals surface area (Å²) in [5.74, 6) is -0.659. The molecule has 0 aliphatic heterocycles. The molecule has 21 heavy (non-hydrogen) atoms. The van der Waals surface area contributed by atoms with Gasteiger partial charge in [-0.3, -0.25) is 9.59 Å². The van der Waals surface area contributed by atoms with Crippen LogP contribution in [0.3, 0.4) is 0 Å².